The van der Waals surface area contributed by atoms with Crippen LogP contribution in [0.3, 0.4) is 0 Å². The largest absolute Gasteiger partial charge is 0.497 e. The van der Waals surface area contributed by atoms with Crippen molar-refractivity contribution in [2.45, 2.75) is 25.9 Å². The second-order valence-electron chi connectivity index (χ2n) is 6.16. The number of nitrogens with zero attached hydrogens (tertiary/aromatic N) is 1. The Balaban J connectivity index is 2.06. The number of rotatable bonds is 6. The van der Waals surface area contributed by atoms with Crippen LogP contribution in [0.4, 0.5) is 4.79 Å². The third-order valence-corrected chi connectivity index (χ3v) is 4.38. The molecule has 2 atom stereocenters. The van der Waals surface area contributed by atoms with Crippen LogP contribution in [0.25, 0.3) is 0 Å². The number of amides is 2. The molecule has 0 aliphatic rings. The van der Waals surface area contributed by atoms with Crippen LogP contribution in [-0.4, -0.2) is 36.8 Å². The summed E-state index contributed by atoms with van der Waals surface area (Å²) >= 11 is 0. The molecular weight excluding hydrogens is 316 g/mol. The molecule has 0 bridgehead atoms. The predicted molar refractivity (Wildman–Crippen MR) is 98.7 cm³/mol. The lowest BCUT2D eigenvalue weighted by Crippen LogP contribution is -2.41. The highest BCUT2D eigenvalue weighted by molar-refractivity contribution is 5.75. The van der Waals surface area contributed by atoms with E-state index in [1.54, 1.807) is 14.2 Å². The lowest BCUT2D eigenvalue weighted by molar-refractivity contribution is 0.148. The van der Waals surface area contributed by atoms with E-state index in [1.807, 2.05) is 62.4 Å². The second-order valence-corrected chi connectivity index (χ2v) is 6.16. The van der Waals surface area contributed by atoms with Gasteiger partial charge >= 0.3 is 6.03 Å². The number of likely N-dealkylation sites (N-methyl/N-ethyl adjacent to an activating group) is 1. The normalized spacial score (nSPS) is 13.0. The molecular formula is C20H26N2O3. The lowest BCUT2D eigenvalue weighted by atomic mass is 10.1. The summed E-state index contributed by atoms with van der Waals surface area (Å²) in [6.45, 7) is 3.81. The predicted octanol–water partition coefficient (Wildman–Crippen LogP) is 3.44. The molecule has 0 aliphatic heterocycles. The molecule has 0 heterocycles. The second kappa shape index (κ2) is 8.53. The number of benzene rings is 2. The average molecular weight is 342 g/mol. The minimum Gasteiger partial charge on any atom is -0.497 e. The molecule has 25 heavy (non-hydrogen) atoms. The van der Waals surface area contributed by atoms with Crippen molar-refractivity contribution in [3.63, 3.8) is 0 Å². The summed E-state index contributed by atoms with van der Waals surface area (Å²) in [5, 5.41) is 12.7. The van der Waals surface area contributed by atoms with Gasteiger partial charge in [0.15, 0.2) is 0 Å². The minimum absolute atomic E-state index is 0.120. The number of hydrogen-bond acceptors (Lipinski definition) is 3. The number of carbonyl (C=O) groups excluding carboxylic acids is 1. The average Bonchev–Trinajstić information content (AvgIpc) is 2.63. The summed E-state index contributed by atoms with van der Waals surface area (Å²) in [4.78, 5) is 14.1. The van der Waals surface area contributed by atoms with Crippen molar-refractivity contribution < 1.29 is 14.6 Å². The van der Waals surface area contributed by atoms with Crippen LogP contribution in [0.15, 0.2) is 48.5 Å². The molecule has 134 valence electrons. The summed E-state index contributed by atoms with van der Waals surface area (Å²) in [5.41, 5.74) is 3.07. The van der Waals surface area contributed by atoms with E-state index in [0.717, 1.165) is 16.9 Å². The van der Waals surface area contributed by atoms with Crippen molar-refractivity contribution in [1.82, 2.24) is 10.2 Å². The lowest BCUT2D eigenvalue weighted by Gasteiger charge is -2.29. The van der Waals surface area contributed by atoms with Gasteiger partial charge in [-0.05, 0) is 37.1 Å². The molecule has 2 aromatic rings. The maximum Gasteiger partial charge on any atom is 0.318 e. The summed E-state index contributed by atoms with van der Waals surface area (Å²) in [5.74, 6) is 0.737. The van der Waals surface area contributed by atoms with E-state index in [2.05, 4.69) is 5.32 Å². The Morgan fingerprint density at radius 1 is 1.12 bits per heavy atom. The van der Waals surface area contributed by atoms with Crippen LogP contribution in [0.5, 0.6) is 5.75 Å². The van der Waals surface area contributed by atoms with Crippen LogP contribution in [0.1, 0.15) is 35.7 Å². The summed E-state index contributed by atoms with van der Waals surface area (Å²) in [6.07, 6.45) is 0. The van der Waals surface area contributed by atoms with E-state index in [4.69, 9.17) is 4.74 Å². The number of aliphatic hydroxyl groups is 1. The van der Waals surface area contributed by atoms with E-state index in [9.17, 15) is 9.90 Å². The Morgan fingerprint density at radius 2 is 1.68 bits per heavy atom. The Bertz CT molecular complexity index is 683. The van der Waals surface area contributed by atoms with E-state index < -0.39 is 6.04 Å². The van der Waals surface area contributed by atoms with Crippen molar-refractivity contribution in [3.05, 3.63) is 65.2 Å². The van der Waals surface area contributed by atoms with Crippen LogP contribution >= 0.6 is 0 Å². The number of methoxy groups -OCH3 is 1. The molecule has 0 aromatic heterocycles. The van der Waals surface area contributed by atoms with Crippen molar-refractivity contribution in [1.29, 1.82) is 0 Å². The maximum absolute atomic E-state index is 12.6. The van der Waals surface area contributed by atoms with Gasteiger partial charge in [0.25, 0.3) is 0 Å². The van der Waals surface area contributed by atoms with Gasteiger partial charge in [-0.25, -0.2) is 4.79 Å². The Hall–Kier alpha value is -2.53. The monoisotopic (exact) mass is 342 g/mol. The molecule has 2 unspecified atom stereocenters. The number of ether oxygens (including phenoxy) is 1. The molecule has 2 N–H and O–H groups in total. The Morgan fingerprint density at radius 3 is 2.20 bits per heavy atom. The van der Waals surface area contributed by atoms with Gasteiger partial charge in [-0.2, -0.15) is 0 Å². The SMILES string of the molecule is COc1ccc(C(CO)N(C)C(=O)NC(C)c2ccc(C)cc2)cc1. The number of carbonyl (C=O) groups is 1. The number of aliphatic hydroxyl groups excluding tert-OH is 1. The quantitative estimate of drug-likeness (QED) is 0.845. The van der Waals surface area contributed by atoms with Crippen LogP contribution in [0.2, 0.25) is 0 Å². The molecule has 5 nitrogen and oxygen atoms in total. The highest BCUT2D eigenvalue weighted by atomic mass is 16.5. The topological polar surface area (TPSA) is 61.8 Å². The molecule has 0 saturated carbocycles. The first-order chi connectivity index (χ1) is 12.0. The molecule has 0 spiro atoms. The molecule has 2 amide bonds. The first-order valence-electron chi connectivity index (χ1n) is 8.31. The molecule has 5 heteroatoms. The fraction of sp³-hybridized carbons (Fsp3) is 0.350. The molecule has 2 aromatic carbocycles. The zero-order valence-corrected chi connectivity index (χ0v) is 15.2. The van der Waals surface area contributed by atoms with Gasteiger partial charge in [-0.3, -0.25) is 0 Å². The molecule has 0 aliphatic carbocycles. The Labute approximate surface area is 149 Å². The van der Waals surface area contributed by atoms with Gasteiger partial charge in [0.1, 0.15) is 5.75 Å². The van der Waals surface area contributed by atoms with Gasteiger partial charge in [-0.1, -0.05) is 42.0 Å². The molecule has 2 rings (SSSR count). The Kier molecular flexibility index (Phi) is 6.42. The molecule has 0 radical (unpaired) electrons. The standard InChI is InChI=1S/C20H26N2O3/c1-14-5-7-16(8-6-14)15(2)21-20(24)22(3)19(13-23)17-9-11-18(25-4)12-10-17/h5-12,15,19,23H,13H2,1-4H3,(H,21,24). The van der Waals surface area contributed by atoms with Crippen LogP contribution in [-0.2, 0) is 0 Å². The van der Waals surface area contributed by atoms with E-state index >= 15 is 0 Å². The third-order valence-electron chi connectivity index (χ3n) is 4.38. The summed E-state index contributed by atoms with van der Waals surface area (Å²) in [7, 11) is 3.28. The zero-order chi connectivity index (χ0) is 18.4. The van der Waals surface area contributed by atoms with E-state index in [0.29, 0.717) is 0 Å². The van der Waals surface area contributed by atoms with Crippen molar-refractivity contribution in [2.75, 3.05) is 20.8 Å². The van der Waals surface area contributed by atoms with E-state index in [1.165, 1.54) is 10.5 Å². The van der Waals surface area contributed by atoms with Gasteiger partial charge < -0.3 is 20.1 Å². The smallest absolute Gasteiger partial charge is 0.318 e. The third kappa shape index (κ3) is 4.73. The summed E-state index contributed by atoms with van der Waals surface area (Å²) in [6, 6.07) is 14.6. The number of hydrogen-bond donors (Lipinski definition) is 2. The summed E-state index contributed by atoms with van der Waals surface area (Å²) < 4.78 is 5.15. The van der Waals surface area contributed by atoms with Crippen molar-refractivity contribution in [2.24, 2.45) is 0 Å². The molecule has 0 saturated heterocycles. The fourth-order valence-corrected chi connectivity index (χ4v) is 2.64. The van der Waals surface area contributed by atoms with E-state index in [-0.39, 0.29) is 18.7 Å². The molecule has 0 fully saturated rings. The van der Waals surface area contributed by atoms with Gasteiger partial charge in [-0.15, -0.1) is 0 Å². The number of nitrogens with one attached hydrogen (secondary N) is 1. The highest BCUT2D eigenvalue weighted by Gasteiger charge is 2.22. The van der Waals surface area contributed by atoms with Crippen molar-refractivity contribution in [3.8, 4) is 5.75 Å². The number of aryl methyl sites for hydroxylation is 1. The van der Waals surface area contributed by atoms with Gasteiger partial charge in [0.2, 0.25) is 0 Å². The minimum atomic E-state index is -0.420. The van der Waals surface area contributed by atoms with Crippen molar-refractivity contribution >= 4 is 6.03 Å². The number of urea groups is 1. The first-order valence-corrected chi connectivity index (χ1v) is 8.31. The van der Waals surface area contributed by atoms with Crippen LogP contribution < -0.4 is 10.1 Å². The maximum atomic E-state index is 12.6. The fourth-order valence-electron chi connectivity index (χ4n) is 2.64. The first kappa shape index (κ1) is 18.8. The van der Waals surface area contributed by atoms with Crippen LogP contribution in [0, 0.1) is 6.92 Å². The van der Waals surface area contributed by atoms with Gasteiger partial charge in [0.05, 0.1) is 25.8 Å². The van der Waals surface area contributed by atoms with Gasteiger partial charge in [0, 0.05) is 7.05 Å². The zero-order valence-electron chi connectivity index (χ0n) is 15.2. The highest BCUT2D eigenvalue weighted by Crippen LogP contribution is 2.22.